The van der Waals surface area contributed by atoms with Gasteiger partial charge in [0.25, 0.3) is 0 Å². The third-order valence-corrected chi connectivity index (χ3v) is 2.59. The minimum atomic E-state index is -1.27. The summed E-state index contributed by atoms with van der Waals surface area (Å²) in [5, 5.41) is 15.9. The van der Waals surface area contributed by atoms with E-state index >= 15 is 0 Å². The highest BCUT2D eigenvalue weighted by Gasteiger charge is 2.19. The van der Waals surface area contributed by atoms with Gasteiger partial charge in [0.1, 0.15) is 0 Å². The van der Waals surface area contributed by atoms with Gasteiger partial charge >= 0.3 is 5.97 Å². The lowest BCUT2D eigenvalue weighted by Gasteiger charge is -2.06. The van der Waals surface area contributed by atoms with Gasteiger partial charge in [0, 0.05) is 12.1 Å². The number of benzene rings is 1. The monoisotopic (exact) mass is 268 g/mol. The molecule has 0 aliphatic heterocycles. The number of nitrogens with two attached hydrogens (primary N) is 1. The number of nitrogens with zero attached hydrogens (tertiary/aromatic N) is 3. The lowest BCUT2D eigenvalue weighted by Crippen LogP contribution is -2.14. The summed E-state index contributed by atoms with van der Waals surface area (Å²) in [6.45, 7) is -0.262. The van der Waals surface area contributed by atoms with E-state index in [1.807, 2.05) is 0 Å². The fourth-order valence-corrected chi connectivity index (χ4v) is 1.66. The molecule has 0 bridgehead atoms. The topological polar surface area (TPSA) is 94.0 Å². The zero-order chi connectivity index (χ0) is 14.0. The van der Waals surface area contributed by atoms with Gasteiger partial charge in [0.15, 0.2) is 17.3 Å². The molecule has 2 rings (SSSR count). The second kappa shape index (κ2) is 5.11. The first-order chi connectivity index (χ1) is 9.04. The zero-order valence-electron chi connectivity index (χ0n) is 9.68. The van der Waals surface area contributed by atoms with Crippen LogP contribution in [0.1, 0.15) is 21.7 Å². The maximum absolute atomic E-state index is 13.5. The van der Waals surface area contributed by atoms with Crippen molar-refractivity contribution in [3.63, 3.8) is 0 Å². The molecule has 0 saturated carbocycles. The van der Waals surface area contributed by atoms with E-state index in [4.69, 9.17) is 10.8 Å². The molecule has 0 fully saturated rings. The number of carboxylic acids is 1. The Balaban J connectivity index is 2.39. The third-order valence-electron chi connectivity index (χ3n) is 2.59. The van der Waals surface area contributed by atoms with Crippen molar-refractivity contribution in [2.24, 2.45) is 5.73 Å². The number of carbonyl (C=O) groups is 1. The van der Waals surface area contributed by atoms with Crippen molar-refractivity contribution < 1.29 is 18.7 Å². The van der Waals surface area contributed by atoms with E-state index in [-0.39, 0.29) is 30.0 Å². The highest BCUT2D eigenvalue weighted by Crippen LogP contribution is 2.14. The van der Waals surface area contributed by atoms with Gasteiger partial charge < -0.3 is 10.8 Å². The second-order valence-electron chi connectivity index (χ2n) is 3.76. The summed E-state index contributed by atoms with van der Waals surface area (Å²) < 4.78 is 27.7. The summed E-state index contributed by atoms with van der Waals surface area (Å²) in [6.07, 6.45) is 0. The van der Waals surface area contributed by atoms with E-state index in [0.717, 1.165) is 10.7 Å². The molecular weight excluding hydrogens is 258 g/mol. The van der Waals surface area contributed by atoms with E-state index in [0.29, 0.717) is 0 Å². The Kier molecular flexibility index (Phi) is 3.52. The number of aromatic nitrogens is 3. The molecule has 19 heavy (non-hydrogen) atoms. The molecule has 0 atom stereocenters. The van der Waals surface area contributed by atoms with Crippen LogP contribution in [0.3, 0.4) is 0 Å². The van der Waals surface area contributed by atoms with Crippen molar-refractivity contribution in [1.29, 1.82) is 0 Å². The smallest absolute Gasteiger partial charge is 0.358 e. The molecule has 1 aromatic carbocycles. The molecule has 8 heteroatoms. The van der Waals surface area contributed by atoms with Gasteiger partial charge in [-0.3, -0.25) is 0 Å². The maximum Gasteiger partial charge on any atom is 0.358 e. The Hall–Kier alpha value is -2.35. The number of hydrogen-bond donors (Lipinski definition) is 2. The Morgan fingerprint density at radius 3 is 2.79 bits per heavy atom. The molecule has 100 valence electrons. The van der Waals surface area contributed by atoms with Gasteiger partial charge in [-0.2, -0.15) is 0 Å². The van der Waals surface area contributed by atoms with Crippen LogP contribution in [0.2, 0.25) is 0 Å². The quantitative estimate of drug-likeness (QED) is 0.853. The average Bonchev–Trinajstić information content (AvgIpc) is 2.78. The van der Waals surface area contributed by atoms with E-state index in [1.54, 1.807) is 0 Å². The van der Waals surface area contributed by atoms with Crippen LogP contribution in [0.25, 0.3) is 0 Å². The molecule has 6 nitrogen and oxygen atoms in total. The molecule has 2 aromatic rings. The van der Waals surface area contributed by atoms with E-state index in [2.05, 4.69) is 10.3 Å². The third kappa shape index (κ3) is 2.43. The molecule has 0 aliphatic carbocycles. The standard InChI is InChI=1S/C11H10F2N4O2/c12-7-3-1-2-6(9(7)13)5-17-8(4-14)10(11(18)19)15-16-17/h1-3H,4-5,14H2,(H,18,19). The van der Waals surface area contributed by atoms with Crippen molar-refractivity contribution in [2.75, 3.05) is 0 Å². The first kappa shape index (κ1) is 13.1. The molecule has 0 unspecified atom stereocenters. The number of halogens is 2. The SMILES string of the molecule is NCc1c(C(=O)O)nnn1Cc1cccc(F)c1F. The maximum atomic E-state index is 13.5. The molecule has 3 N–H and O–H groups in total. The molecule has 0 amide bonds. The Labute approximate surface area is 106 Å². The Morgan fingerprint density at radius 1 is 1.42 bits per heavy atom. The number of rotatable bonds is 4. The first-order valence-electron chi connectivity index (χ1n) is 5.33. The summed E-state index contributed by atoms with van der Waals surface area (Å²) >= 11 is 0. The summed E-state index contributed by atoms with van der Waals surface area (Å²) in [5.74, 6) is -3.25. The molecule has 1 heterocycles. The van der Waals surface area contributed by atoms with E-state index < -0.39 is 17.6 Å². The zero-order valence-corrected chi connectivity index (χ0v) is 9.68. The Bertz CT molecular complexity index is 627. The van der Waals surface area contributed by atoms with Crippen LogP contribution in [-0.4, -0.2) is 26.1 Å². The number of hydrogen-bond acceptors (Lipinski definition) is 4. The minimum absolute atomic E-state index is 0.0385. The van der Waals surface area contributed by atoms with Crippen LogP contribution in [0.15, 0.2) is 18.2 Å². The molecule has 0 aliphatic rings. The lowest BCUT2D eigenvalue weighted by molar-refractivity contribution is 0.0689. The van der Waals surface area contributed by atoms with Gasteiger partial charge in [-0.05, 0) is 6.07 Å². The van der Waals surface area contributed by atoms with Crippen molar-refractivity contribution in [1.82, 2.24) is 15.0 Å². The molecule has 1 aromatic heterocycles. The highest BCUT2D eigenvalue weighted by molar-refractivity contribution is 5.86. The normalized spacial score (nSPS) is 10.7. The van der Waals surface area contributed by atoms with Crippen LogP contribution in [0.4, 0.5) is 8.78 Å². The van der Waals surface area contributed by atoms with Gasteiger partial charge in [-0.25, -0.2) is 18.3 Å². The van der Waals surface area contributed by atoms with Crippen LogP contribution in [0.5, 0.6) is 0 Å². The van der Waals surface area contributed by atoms with Crippen LogP contribution in [-0.2, 0) is 13.1 Å². The largest absolute Gasteiger partial charge is 0.476 e. The van der Waals surface area contributed by atoms with Crippen LogP contribution >= 0.6 is 0 Å². The van der Waals surface area contributed by atoms with Crippen molar-refractivity contribution in [3.05, 3.63) is 46.8 Å². The first-order valence-corrected chi connectivity index (χ1v) is 5.33. The van der Waals surface area contributed by atoms with Gasteiger partial charge in [0.05, 0.1) is 12.2 Å². The summed E-state index contributed by atoms with van der Waals surface area (Å²) in [6, 6.07) is 3.72. The van der Waals surface area contributed by atoms with E-state index in [9.17, 15) is 13.6 Å². The van der Waals surface area contributed by atoms with Gasteiger partial charge in [-0.15, -0.1) is 5.10 Å². The van der Waals surface area contributed by atoms with Crippen molar-refractivity contribution in [3.8, 4) is 0 Å². The number of carboxylic acid groups (broad SMARTS) is 1. The van der Waals surface area contributed by atoms with E-state index in [1.165, 1.54) is 12.1 Å². The molecular formula is C11H10F2N4O2. The predicted molar refractivity (Wildman–Crippen MR) is 60.3 cm³/mol. The van der Waals surface area contributed by atoms with Crippen molar-refractivity contribution in [2.45, 2.75) is 13.1 Å². The number of aromatic carboxylic acids is 1. The fourth-order valence-electron chi connectivity index (χ4n) is 1.66. The minimum Gasteiger partial charge on any atom is -0.476 e. The summed E-state index contributed by atoms with van der Waals surface area (Å²) in [4.78, 5) is 10.9. The molecule has 0 spiro atoms. The van der Waals surface area contributed by atoms with Gasteiger partial charge in [0.2, 0.25) is 0 Å². The summed E-state index contributed by atoms with van der Waals surface area (Å²) in [5.41, 5.74) is 5.32. The second-order valence-corrected chi connectivity index (χ2v) is 3.76. The predicted octanol–water partition coefficient (Wildman–Crippen LogP) is 0.761. The molecule has 0 saturated heterocycles. The fraction of sp³-hybridized carbons (Fsp3) is 0.182. The van der Waals surface area contributed by atoms with Crippen LogP contribution < -0.4 is 5.73 Å². The molecule has 0 radical (unpaired) electrons. The average molecular weight is 268 g/mol. The van der Waals surface area contributed by atoms with Gasteiger partial charge in [-0.1, -0.05) is 17.3 Å². The van der Waals surface area contributed by atoms with Crippen molar-refractivity contribution >= 4 is 5.97 Å². The Morgan fingerprint density at radius 2 is 2.16 bits per heavy atom. The lowest BCUT2D eigenvalue weighted by atomic mass is 10.2. The summed E-state index contributed by atoms with van der Waals surface area (Å²) in [7, 11) is 0. The highest BCUT2D eigenvalue weighted by atomic mass is 19.2. The van der Waals surface area contributed by atoms with Crippen LogP contribution in [0, 0.1) is 11.6 Å².